The van der Waals surface area contributed by atoms with Crippen molar-refractivity contribution in [2.24, 2.45) is 5.10 Å². The summed E-state index contributed by atoms with van der Waals surface area (Å²) in [6.45, 7) is 0. The molecule has 0 heterocycles. The first-order chi connectivity index (χ1) is 9.59. The lowest BCUT2D eigenvalue weighted by molar-refractivity contribution is 0.438. The van der Waals surface area contributed by atoms with Crippen molar-refractivity contribution in [3.63, 3.8) is 0 Å². The Morgan fingerprint density at radius 2 is 1.75 bits per heavy atom. The van der Waals surface area contributed by atoms with Crippen molar-refractivity contribution in [1.82, 2.24) is 9.91 Å². The van der Waals surface area contributed by atoms with E-state index in [1.54, 1.807) is 0 Å². The molecule has 1 aromatic carbocycles. The molecular weight excluding hydrogens is 246 g/mol. The van der Waals surface area contributed by atoms with E-state index >= 15 is 0 Å². The molecule has 3 heteroatoms. The first-order valence-electron chi connectivity index (χ1n) is 6.98. The molecule has 1 aliphatic rings. The Balaban J connectivity index is 2.57. The van der Waals surface area contributed by atoms with E-state index in [-0.39, 0.29) is 0 Å². The van der Waals surface area contributed by atoms with Crippen LogP contribution in [0.5, 0.6) is 0 Å². The van der Waals surface area contributed by atoms with Crippen LogP contribution in [0.2, 0.25) is 0 Å². The molecule has 106 valence electrons. The maximum absolute atomic E-state index is 4.63. The van der Waals surface area contributed by atoms with Crippen LogP contribution < -0.4 is 0 Å². The first kappa shape index (κ1) is 14.4. The Morgan fingerprint density at radius 3 is 2.35 bits per heavy atom. The van der Waals surface area contributed by atoms with Crippen LogP contribution >= 0.6 is 0 Å². The number of hydrogen-bond acceptors (Lipinski definition) is 3. The number of nitrogens with zero attached hydrogens (tertiary/aromatic N) is 3. The number of hydrogen-bond donors (Lipinski definition) is 0. The van der Waals surface area contributed by atoms with Gasteiger partial charge in [0.05, 0.1) is 5.71 Å². The quantitative estimate of drug-likeness (QED) is 0.785. The van der Waals surface area contributed by atoms with E-state index in [0.29, 0.717) is 0 Å². The number of benzene rings is 1. The molecule has 0 unspecified atom stereocenters. The summed E-state index contributed by atoms with van der Waals surface area (Å²) < 4.78 is 0. The molecule has 0 amide bonds. The highest BCUT2D eigenvalue weighted by Gasteiger charge is 2.17. The maximum Gasteiger partial charge on any atom is 0.0881 e. The highest BCUT2D eigenvalue weighted by Crippen LogP contribution is 2.27. The van der Waals surface area contributed by atoms with Crippen molar-refractivity contribution in [2.75, 3.05) is 28.2 Å². The fraction of sp³-hybridized carbons (Fsp3) is 0.353. The highest BCUT2D eigenvalue weighted by atomic mass is 15.4. The number of allylic oxidation sites excluding steroid dienone is 3. The molecule has 0 saturated heterocycles. The van der Waals surface area contributed by atoms with Crippen LogP contribution in [0.1, 0.15) is 18.4 Å². The van der Waals surface area contributed by atoms with Crippen LogP contribution in [-0.2, 0) is 0 Å². The van der Waals surface area contributed by atoms with Gasteiger partial charge in [0.2, 0.25) is 0 Å². The Morgan fingerprint density at radius 1 is 1.05 bits per heavy atom. The van der Waals surface area contributed by atoms with Gasteiger partial charge in [0.25, 0.3) is 0 Å². The van der Waals surface area contributed by atoms with E-state index < -0.39 is 0 Å². The smallest absolute Gasteiger partial charge is 0.0881 e. The topological polar surface area (TPSA) is 18.8 Å². The summed E-state index contributed by atoms with van der Waals surface area (Å²) in [6.07, 6.45) is 6.44. The van der Waals surface area contributed by atoms with Gasteiger partial charge in [-0.05, 0) is 24.5 Å². The van der Waals surface area contributed by atoms with Crippen molar-refractivity contribution in [3.8, 4) is 0 Å². The van der Waals surface area contributed by atoms with Crippen LogP contribution in [0.4, 0.5) is 0 Å². The summed E-state index contributed by atoms with van der Waals surface area (Å²) in [6, 6.07) is 10.5. The Hall–Kier alpha value is -2.03. The van der Waals surface area contributed by atoms with Gasteiger partial charge in [-0.25, -0.2) is 0 Å². The van der Waals surface area contributed by atoms with Gasteiger partial charge < -0.3 is 9.91 Å². The van der Waals surface area contributed by atoms with E-state index in [0.717, 1.165) is 18.6 Å². The summed E-state index contributed by atoms with van der Waals surface area (Å²) >= 11 is 0. The average Bonchev–Trinajstić information content (AvgIpc) is 2.41. The van der Waals surface area contributed by atoms with Crippen molar-refractivity contribution < 1.29 is 0 Å². The van der Waals surface area contributed by atoms with Crippen molar-refractivity contribution in [2.45, 2.75) is 12.8 Å². The van der Waals surface area contributed by atoms with Gasteiger partial charge in [-0.15, -0.1) is 0 Å². The molecule has 0 radical (unpaired) electrons. The lowest BCUT2D eigenvalue weighted by Gasteiger charge is -2.25. The van der Waals surface area contributed by atoms with Crippen LogP contribution in [0.15, 0.2) is 53.2 Å². The maximum atomic E-state index is 4.63. The van der Waals surface area contributed by atoms with Gasteiger partial charge >= 0.3 is 0 Å². The average molecular weight is 269 g/mol. The van der Waals surface area contributed by atoms with Crippen LogP contribution in [0, 0.1) is 0 Å². The molecule has 2 rings (SSSR count). The molecule has 0 N–H and O–H groups in total. The first-order valence-corrected chi connectivity index (χ1v) is 6.98. The third-order valence-electron chi connectivity index (χ3n) is 3.23. The van der Waals surface area contributed by atoms with Crippen molar-refractivity contribution >= 4 is 11.4 Å². The van der Waals surface area contributed by atoms with Gasteiger partial charge in [0, 0.05) is 39.5 Å². The van der Waals surface area contributed by atoms with E-state index in [9.17, 15) is 0 Å². The zero-order chi connectivity index (χ0) is 14.5. The van der Waals surface area contributed by atoms with Crippen LogP contribution in [0.25, 0.3) is 5.70 Å². The fourth-order valence-electron chi connectivity index (χ4n) is 2.50. The predicted octanol–water partition coefficient (Wildman–Crippen LogP) is 3.23. The van der Waals surface area contributed by atoms with Crippen molar-refractivity contribution in [3.05, 3.63) is 53.6 Å². The number of hydrazone groups is 1. The van der Waals surface area contributed by atoms with Crippen LogP contribution in [-0.4, -0.2) is 43.8 Å². The number of rotatable bonds is 3. The van der Waals surface area contributed by atoms with E-state index in [1.165, 1.54) is 16.8 Å². The molecule has 0 bridgehead atoms. The second-order valence-electron chi connectivity index (χ2n) is 5.36. The summed E-state index contributed by atoms with van der Waals surface area (Å²) in [5, 5.41) is 6.49. The summed E-state index contributed by atoms with van der Waals surface area (Å²) in [4.78, 5) is 2.19. The van der Waals surface area contributed by atoms with E-state index in [1.807, 2.05) is 19.1 Å². The fourth-order valence-corrected chi connectivity index (χ4v) is 2.50. The molecular formula is C17H23N3. The Bertz CT molecular complexity index is 537. The molecule has 1 aliphatic carbocycles. The molecule has 20 heavy (non-hydrogen) atoms. The van der Waals surface area contributed by atoms with Gasteiger partial charge in [0.15, 0.2) is 0 Å². The molecule has 0 aromatic heterocycles. The lowest BCUT2D eigenvalue weighted by atomic mass is 9.93. The molecule has 0 aliphatic heterocycles. The van der Waals surface area contributed by atoms with Crippen molar-refractivity contribution in [1.29, 1.82) is 0 Å². The van der Waals surface area contributed by atoms with E-state index in [2.05, 4.69) is 66.6 Å². The minimum atomic E-state index is 1.03. The molecule has 0 fully saturated rings. The summed E-state index contributed by atoms with van der Waals surface area (Å²) in [5.41, 5.74) is 4.89. The van der Waals surface area contributed by atoms with Crippen LogP contribution in [0.3, 0.4) is 0 Å². The second kappa shape index (κ2) is 6.42. The lowest BCUT2D eigenvalue weighted by Crippen LogP contribution is -2.19. The van der Waals surface area contributed by atoms with Gasteiger partial charge in [-0.2, -0.15) is 5.10 Å². The molecule has 1 aromatic rings. The molecule has 0 spiro atoms. The summed E-state index contributed by atoms with van der Waals surface area (Å²) in [7, 11) is 8.12. The normalized spacial score (nSPS) is 19.1. The SMILES string of the molecule is CN(C)N=C1C=CCCC1=C(c1ccccc1)N(C)C. The Labute approximate surface area is 121 Å². The van der Waals surface area contributed by atoms with Gasteiger partial charge in [-0.3, -0.25) is 0 Å². The second-order valence-corrected chi connectivity index (χ2v) is 5.36. The minimum absolute atomic E-state index is 1.03. The van der Waals surface area contributed by atoms with E-state index in [4.69, 9.17) is 0 Å². The minimum Gasteiger partial charge on any atom is -0.377 e. The highest BCUT2D eigenvalue weighted by molar-refractivity contribution is 6.13. The zero-order valence-electron chi connectivity index (χ0n) is 12.8. The van der Waals surface area contributed by atoms with Gasteiger partial charge in [-0.1, -0.05) is 36.4 Å². The third-order valence-corrected chi connectivity index (χ3v) is 3.23. The largest absolute Gasteiger partial charge is 0.377 e. The molecule has 0 saturated carbocycles. The third kappa shape index (κ3) is 3.29. The monoisotopic (exact) mass is 269 g/mol. The van der Waals surface area contributed by atoms with Gasteiger partial charge in [0.1, 0.15) is 0 Å². The molecule has 3 nitrogen and oxygen atoms in total. The standard InChI is InChI=1S/C17H23N3/c1-19(2)17(14-10-6-5-7-11-14)15-12-8-9-13-16(15)18-20(3)4/h5-7,9-11,13H,8,12H2,1-4H3. The zero-order valence-corrected chi connectivity index (χ0v) is 12.8. The Kier molecular flexibility index (Phi) is 4.61. The predicted molar refractivity (Wildman–Crippen MR) is 86.5 cm³/mol. The molecule has 0 atom stereocenters. The summed E-state index contributed by atoms with van der Waals surface area (Å²) in [5.74, 6) is 0.